The van der Waals surface area contributed by atoms with Crippen molar-refractivity contribution in [2.45, 2.75) is 31.8 Å². The van der Waals surface area contributed by atoms with E-state index < -0.39 is 0 Å². The number of carbonyl (C=O) groups is 1. The van der Waals surface area contributed by atoms with Crippen LogP contribution in [0.3, 0.4) is 0 Å². The highest BCUT2D eigenvalue weighted by Crippen LogP contribution is 2.23. The van der Waals surface area contributed by atoms with Crippen molar-refractivity contribution in [3.63, 3.8) is 0 Å². The second kappa shape index (κ2) is 9.71. The largest absolute Gasteiger partial charge is 0.345 e. The van der Waals surface area contributed by atoms with Gasteiger partial charge in [-0.25, -0.2) is 0 Å². The predicted octanol–water partition coefficient (Wildman–Crippen LogP) is 4.20. The average Bonchev–Trinajstić information content (AvgIpc) is 2.52. The van der Waals surface area contributed by atoms with Crippen molar-refractivity contribution in [2.24, 2.45) is 5.73 Å². The second-order valence-electron chi connectivity index (χ2n) is 5.48. The van der Waals surface area contributed by atoms with Crippen LogP contribution in [0, 0.1) is 0 Å². The molecule has 2 atom stereocenters. The van der Waals surface area contributed by atoms with E-state index in [9.17, 15) is 4.79 Å². The molecule has 2 aromatic carbocycles. The van der Waals surface area contributed by atoms with Crippen molar-refractivity contribution in [3.05, 3.63) is 70.2 Å². The van der Waals surface area contributed by atoms with Crippen LogP contribution in [0.15, 0.2) is 59.1 Å². The Balaban J connectivity index is 0.00000264. The van der Waals surface area contributed by atoms with Crippen LogP contribution in [0.5, 0.6) is 0 Å². The van der Waals surface area contributed by atoms with Crippen molar-refractivity contribution in [3.8, 4) is 0 Å². The van der Waals surface area contributed by atoms with Crippen LogP contribution in [-0.2, 0) is 4.79 Å². The van der Waals surface area contributed by atoms with Gasteiger partial charge in [0, 0.05) is 16.9 Å². The maximum atomic E-state index is 12.2. The minimum absolute atomic E-state index is 0. The first-order valence-corrected chi connectivity index (χ1v) is 8.21. The van der Waals surface area contributed by atoms with Gasteiger partial charge >= 0.3 is 0 Å². The Morgan fingerprint density at radius 1 is 1.09 bits per heavy atom. The lowest BCUT2D eigenvalue weighted by Gasteiger charge is -2.20. The molecule has 2 rings (SSSR count). The highest BCUT2D eigenvalue weighted by molar-refractivity contribution is 9.10. The Kier molecular flexibility index (Phi) is 8.31. The lowest BCUT2D eigenvalue weighted by atomic mass is 9.98. The SMILES string of the molecule is CC(N)CCC(=O)NC(c1ccccc1)c1ccc(Br)cc1.Cl. The number of carbonyl (C=O) groups excluding carboxylic acids is 1. The van der Waals surface area contributed by atoms with Crippen molar-refractivity contribution in [2.75, 3.05) is 0 Å². The van der Waals surface area contributed by atoms with Gasteiger partial charge in [0.1, 0.15) is 0 Å². The summed E-state index contributed by atoms with van der Waals surface area (Å²) in [7, 11) is 0. The molecule has 2 unspecified atom stereocenters. The maximum Gasteiger partial charge on any atom is 0.220 e. The van der Waals surface area contributed by atoms with Gasteiger partial charge in [-0.3, -0.25) is 4.79 Å². The molecule has 0 fully saturated rings. The third-order valence-electron chi connectivity index (χ3n) is 3.47. The number of amides is 1. The van der Waals surface area contributed by atoms with Gasteiger partial charge < -0.3 is 11.1 Å². The maximum absolute atomic E-state index is 12.2. The fourth-order valence-corrected chi connectivity index (χ4v) is 2.52. The van der Waals surface area contributed by atoms with Crippen molar-refractivity contribution < 1.29 is 4.79 Å². The van der Waals surface area contributed by atoms with Gasteiger partial charge in [0.05, 0.1) is 6.04 Å². The van der Waals surface area contributed by atoms with Gasteiger partial charge in [-0.2, -0.15) is 0 Å². The van der Waals surface area contributed by atoms with E-state index in [-0.39, 0.29) is 30.4 Å². The molecule has 3 nitrogen and oxygen atoms in total. The first-order valence-electron chi connectivity index (χ1n) is 7.41. The zero-order valence-corrected chi connectivity index (χ0v) is 15.4. The standard InChI is InChI=1S/C18H21BrN2O.ClH/c1-13(20)7-12-17(22)21-18(14-5-3-2-4-6-14)15-8-10-16(19)11-9-15;/h2-6,8-11,13,18H,7,12,20H2,1H3,(H,21,22);1H. The molecule has 0 aliphatic heterocycles. The van der Waals surface area contributed by atoms with E-state index in [0.29, 0.717) is 12.8 Å². The van der Waals surface area contributed by atoms with Gasteiger partial charge in [0.25, 0.3) is 0 Å². The summed E-state index contributed by atoms with van der Waals surface area (Å²) in [6.07, 6.45) is 1.13. The van der Waals surface area contributed by atoms with E-state index in [4.69, 9.17) is 5.73 Å². The normalized spacial score (nSPS) is 12.8. The van der Waals surface area contributed by atoms with E-state index >= 15 is 0 Å². The number of hydrogen-bond acceptors (Lipinski definition) is 2. The Morgan fingerprint density at radius 3 is 2.22 bits per heavy atom. The highest BCUT2D eigenvalue weighted by Gasteiger charge is 2.16. The van der Waals surface area contributed by atoms with Crippen molar-refractivity contribution in [1.29, 1.82) is 0 Å². The number of hydrogen-bond donors (Lipinski definition) is 2. The highest BCUT2D eigenvalue weighted by atomic mass is 79.9. The molecular weight excluding hydrogens is 376 g/mol. The van der Waals surface area contributed by atoms with Gasteiger partial charge in [-0.05, 0) is 36.6 Å². The zero-order chi connectivity index (χ0) is 15.9. The molecule has 5 heteroatoms. The molecule has 0 saturated carbocycles. The van der Waals surface area contributed by atoms with Crippen LogP contribution in [0.25, 0.3) is 0 Å². The molecule has 124 valence electrons. The van der Waals surface area contributed by atoms with E-state index in [1.54, 1.807) is 0 Å². The summed E-state index contributed by atoms with van der Waals surface area (Å²) in [5.74, 6) is 0.0223. The minimum Gasteiger partial charge on any atom is -0.345 e. The van der Waals surface area contributed by atoms with Crippen LogP contribution >= 0.6 is 28.3 Å². The van der Waals surface area contributed by atoms with Crippen molar-refractivity contribution in [1.82, 2.24) is 5.32 Å². The average molecular weight is 398 g/mol. The molecule has 0 saturated heterocycles. The van der Waals surface area contributed by atoms with Crippen LogP contribution in [0.4, 0.5) is 0 Å². The van der Waals surface area contributed by atoms with Gasteiger partial charge in [0.2, 0.25) is 5.91 Å². The fraction of sp³-hybridized carbons (Fsp3) is 0.278. The van der Waals surface area contributed by atoms with E-state index in [1.807, 2.05) is 61.5 Å². The molecule has 0 bridgehead atoms. The molecule has 3 N–H and O–H groups in total. The van der Waals surface area contributed by atoms with E-state index in [1.165, 1.54) is 0 Å². The van der Waals surface area contributed by atoms with E-state index in [2.05, 4.69) is 21.2 Å². The van der Waals surface area contributed by atoms with Crippen LogP contribution in [0.2, 0.25) is 0 Å². The summed E-state index contributed by atoms with van der Waals surface area (Å²) < 4.78 is 1.02. The van der Waals surface area contributed by atoms with Crippen LogP contribution in [-0.4, -0.2) is 11.9 Å². The summed E-state index contributed by atoms with van der Waals surface area (Å²) in [4.78, 5) is 12.2. The summed E-state index contributed by atoms with van der Waals surface area (Å²) in [6.45, 7) is 1.91. The first-order chi connectivity index (χ1) is 10.6. The number of nitrogens with two attached hydrogens (primary N) is 1. The third-order valence-corrected chi connectivity index (χ3v) is 4.00. The number of rotatable bonds is 6. The molecule has 2 aromatic rings. The third kappa shape index (κ3) is 6.34. The second-order valence-corrected chi connectivity index (χ2v) is 6.39. The fourth-order valence-electron chi connectivity index (χ4n) is 2.25. The molecule has 0 aliphatic carbocycles. The Morgan fingerprint density at radius 2 is 1.65 bits per heavy atom. The summed E-state index contributed by atoms with van der Waals surface area (Å²) in [5, 5.41) is 3.11. The Bertz CT molecular complexity index is 602. The van der Waals surface area contributed by atoms with Gasteiger partial charge in [-0.15, -0.1) is 12.4 Å². The number of nitrogens with one attached hydrogen (secondary N) is 1. The summed E-state index contributed by atoms with van der Waals surface area (Å²) in [6, 6.07) is 17.9. The molecule has 0 aliphatic rings. The number of benzene rings is 2. The molecule has 0 aromatic heterocycles. The molecule has 0 radical (unpaired) electrons. The predicted molar refractivity (Wildman–Crippen MR) is 101 cm³/mol. The number of halogens is 2. The Labute approximate surface area is 152 Å². The molecule has 23 heavy (non-hydrogen) atoms. The molecular formula is C18H22BrClN2O. The quantitative estimate of drug-likeness (QED) is 0.767. The first kappa shape index (κ1) is 19.7. The monoisotopic (exact) mass is 396 g/mol. The van der Waals surface area contributed by atoms with E-state index in [0.717, 1.165) is 15.6 Å². The molecule has 1 amide bonds. The zero-order valence-electron chi connectivity index (χ0n) is 13.0. The molecule has 0 heterocycles. The Hall–Kier alpha value is -1.36. The lowest BCUT2D eigenvalue weighted by molar-refractivity contribution is -0.121. The molecule has 0 spiro atoms. The van der Waals surface area contributed by atoms with Gasteiger partial charge in [0.15, 0.2) is 0 Å². The van der Waals surface area contributed by atoms with Crippen LogP contribution < -0.4 is 11.1 Å². The van der Waals surface area contributed by atoms with Crippen molar-refractivity contribution >= 4 is 34.2 Å². The topological polar surface area (TPSA) is 55.1 Å². The smallest absolute Gasteiger partial charge is 0.220 e. The lowest BCUT2D eigenvalue weighted by Crippen LogP contribution is -2.30. The minimum atomic E-state index is -0.144. The summed E-state index contributed by atoms with van der Waals surface area (Å²) in [5.41, 5.74) is 7.85. The van der Waals surface area contributed by atoms with Gasteiger partial charge in [-0.1, -0.05) is 58.4 Å². The van der Waals surface area contributed by atoms with Crippen LogP contribution in [0.1, 0.15) is 36.9 Å². The summed E-state index contributed by atoms with van der Waals surface area (Å²) >= 11 is 3.44.